The largest absolute Gasteiger partial charge is 0.298 e. The molecule has 3 nitrogen and oxygen atoms in total. The molecule has 1 aromatic carbocycles. The number of aryl methyl sites for hydroxylation is 1. The van der Waals surface area contributed by atoms with E-state index in [1.54, 1.807) is 10.9 Å². The van der Waals surface area contributed by atoms with Gasteiger partial charge in [0.05, 0.1) is 5.69 Å². The third-order valence-electron chi connectivity index (χ3n) is 2.47. The lowest BCUT2D eigenvalue weighted by Gasteiger charge is -2.07. The van der Waals surface area contributed by atoms with Crippen LogP contribution in [0, 0.1) is 13.8 Å². The van der Waals surface area contributed by atoms with E-state index in [4.69, 9.17) is 0 Å². The zero-order valence-electron chi connectivity index (χ0n) is 8.24. The quantitative estimate of drug-likeness (QED) is 0.727. The minimum absolute atomic E-state index is 0.0290. The van der Waals surface area contributed by atoms with Crippen molar-refractivity contribution in [2.45, 2.75) is 13.8 Å². The first-order valence-electron chi connectivity index (χ1n) is 4.53. The molecule has 0 radical (unpaired) electrons. The molecular formula is C11H12N2O. The summed E-state index contributed by atoms with van der Waals surface area (Å²) in [6.07, 6.45) is 1.64. The molecule has 0 aliphatic carbocycles. The van der Waals surface area contributed by atoms with Gasteiger partial charge in [-0.15, -0.1) is 0 Å². The van der Waals surface area contributed by atoms with E-state index in [1.165, 1.54) is 11.6 Å². The highest BCUT2D eigenvalue weighted by atomic mass is 16.1. The van der Waals surface area contributed by atoms with E-state index in [0.29, 0.717) is 0 Å². The van der Waals surface area contributed by atoms with Crippen molar-refractivity contribution >= 4 is 0 Å². The summed E-state index contributed by atoms with van der Waals surface area (Å²) in [6.45, 7) is 4.05. The average Bonchev–Trinajstić information content (AvgIpc) is 2.57. The van der Waals surface area contributed by atoms with Crippen LogP contribution >= 0.6 is 0 Å². The highest BCUT2D eigenvalue weighted by Crippen LogP contribution is 2.14. The highest BCUT2D eigenvalue weighted by Gasteiger charge is 2.04. The number of nitrogens with one attached hydrogen (secondary N) is 1. The Hall–Kier alpha value is -1.77. The summed E-state index contributed by atoms with van der Waals surface area (Å²) in [5, 5.41) is 2.89. The molecule has 2 aromatic rings. The topological polar surface area (TPSA) is 37.8 Å². The Morgan fingerprint density at radius 3 is 2.64 bits per heavy atom. The van der Waals surface area contributed by atoms with E-state index >= 15 is 0 Å². The predicted molar refractivity (Wildman–Crippen MR) is 55.9 cm³/mol. The number of aromatic amines is 1. The highest BCUT2D eigenvalue weighted by molar-refractivity contribution is 5.43. The molecule has 0 atom stereocenters. The van der Waals surface area contributed by atoms with Crippen LogP contribution in [0.5, 0.6) is 0 Å². The van der Waals surface area contributed by atoms with Crippen LogP contribution in [-0.2, 0) is 0 Å². The fraction of sp³-hybridized carbons (Fsp3) is 0.182. The molecule has 0 aliphatic heterocycles. The van der Waals surface area contributed by atoms with Gasteiger partial charge in [0.2, 0.25) is 0 Å². The van der Waals surface area contributed by atoms with Crippen molar-refractivity contribution in [3.63, 3.8) is 0 Å². The molecule has 72 valence electrons. The number of hydrogen-bond donors (Lipinski definition) is 1. The van der Waals surface area contributed by atoms with E-state index < -0.39 is 0 Å². The van der Waals surface area contributed by atoms with E-state index in [1.807, 2.05) is 32.0 Å². The van der Waals surface area contributed by atoms with Crippen LogP contribution in [0.1, 0.15) is 11.1 Å². The lowest BCUT2D eigenvalue weighted by Crippen LogP contribution is -2.14. The Balaban J connectivity index is 2.69. The second-order valence-electron chi connectivity index (χ2n) is 3.36. The smallest absolute Gasteiger partial charge is 0.271 e. The average molecular weight is 188 g/mol. The standard InChI is InChI=1S/C11H12N2O/c1-8-4-3-5-10(9(8)2)13-11(14)6-7-12-13/h3-7,12H,1-2H3. The van der Waals surface area contributed by atoms with Gasteiger partial charge in [0.15, 0.2) is 0 Å². The normalized spacial score (nSPS) is 10.4. The van der Waals surface area contributed by atoms with Gasteiger partial charge >= 0.3 is 0 Å². The van der Waals surface area contributed by atoms with Crippen LogP contribution in [0.15, 0.2) is 35.3 Å². The molecule has 1 N–H and O–H groups in total. The van der Waals surface area contributed by atoms with Gasteiger partial charge in [0, 0.05) is 12.3 Å². The lowest BCUT2D eigenvalue weighted by atomic mass is 10.1. The number of hydrogen-bond acceptors (Lipinski definition) is 1. The van der Waals surface area contributed by atoms with Gasteiger partial charge in [-0.3, -0.25) is 9.89 Å². The third kappa shape index (κ3) is 1.27. The van der Waals surface area contributed by atoms with Crippen molar-refractivity contribution in [1.82, 2.24) is 9.78 Å². The molecule has 0 saturated heterocycles. The summed E-state index contributed by atoms with van der Waals surface area (Å²) < 4.78 is 1.54. The number of H-pyrrole nitrogens is 1. The van der Waals surface area contributed by atoms with Crippen LogP contribution in [0.25, 0.3) is 5.69 Å². The molecule has 1 heterocycles. The predicted octanol–water partition coefficient (Wildman–Crippen LogP) is 1.78. The molecule has 3 heteroatoms. The van der Waals surface area contributed by atoms with Gasteiger partial charge in [0.25, 0.3) is 5.56 Å². The molecule has 0 fully saturated rings. The summed E-state index contributed by atoms with van der Waals surface area (Å²) in [4.78, 5) is 11.4. The third-order valence-corrected chi connectivity index (χ3v) is 2.47. The number of aromatic nitrogens is 2. The Morgan fingerprint density at radius 2 is 2.00 bits per heavy atom. The van der Waals surface area contributed by atoms with E-state index in [2.05, 4.69) is 5.10 Å². The molecule has 0 amide bonds. The Bertz CT molecular complexity index is 508. The summed E-state index contributed by atoms with van der Waals surface area (Å²) in [6, 6.07) is 7.43. The number of rotatable bonds is 1. The van der Waals surface area contributed by atoms with Crippen molar-refractivity contribution in [2.24, 2.45) is 0 Å². The molecular weight excluding hydrogens is 176 g/mol. The fourth-order valence-electron chi connectivity index (χ4n) is 1.49. The summed E-state index contributed by atoms with van der Waals surface area (Å²) in [7, 11) is 0. The minimum Gasteiger partial charge on any atom is -0.298 e. The molecule has 14 heavy (non-hydrogen) atoms. The first kappa shape index (κ1) is 8.81. The maximum Gasteiger partial charge on any atom is 0.271 e. The van der Waals surface area contributed by atoms with Gasteiger partial charge in [-0.1, -0.05) is 12.1 Å². The van der Waals surface area contributed by atoms with Crippen molar-refractivity contribution in [1.29, 1.82) is 0 Å². The van der Waals surface area contributed by atoms with E-state index in [0.717, 1.165) is 11.3 Å². The minimum atomic E-state index is -0.0290. The van der Waals surface area contributed by atoms with Crippen molar-refractivity contribution in [2.75, 3.05) is 0 Å². The summed E-state index contributed by atoms with van der Waals surface area (Å²) in [5.41, 5.74) is 3.19. The Kier molecular flexibility index (Phi) is 2.00. The monoisotopic (exact) mass is 188 g/mol. The van der Waals surface area contributed by atoms with E-state index in [9.17, 15) is 4.79 Å². The zero-order chi connectivity index (χ0) is 10.1. The van der Waals surface area contributed by atoms with Crippen molar-refractivity contribution in [3.8, 4) is 5.69 Å². The van der Waals surface area contributed by atoms with Crippen LogP contribution in [0.2, 0.25) is 0 Å². The first-order valence-corrected chi connectivity index (χ1v) is 4.53. The maximum absolute atomic E-state index is 11.4. The lowest BCUT2D eigenvalue weighted by molar-refractivity contribution is 0.840. The van der Waals surface area contributed by atoms with E-state index in [-0.39, 0.29) is 5.56 Å². The Morgan fingerprint density at radius 1 is 1.21 bits per heavy atom. The zero-order valence-corrected chi connectivity index (χ0v) is 8.24. The summed E-state index contributed by atoms with van der Waals surface area (Å²) >= 11 is 0. The van der Waals surface area contributed by atoms with Gasteiger partial charge in [-0.2, -0.15) is 0 Å². The second kappa shape index (κ2) is 3.18. The molecule has 0 bridgehead atoms. The SMILES string of the molecule is Cc1cccc(-n2[nH]ccc2=O)c1C. The molecule has 0 saturated carbocycles. The van der Waals surface area contributed by atoms with Crippen molar-refractivity contribution < 1.29 is 0 Å². The molecule has 0 spiro atoms. The van der Waals surface area contributed by atoms with Crippen LogP contribution in [0.4, 0.5) is 0 Å². The molecule has 0 aliphatic rings. The van der Waals surface area contributed by atoms with Gasteiger partial charge < -0.3 is 0 Å². The molecule has 0 unspecified atom stereocenters. The molecule has 2 rings (SSSR count). The van der Waals surface area contributed by atoms with Crippen LogP contribution in [0.3, 0.4) is 0 Å². The van der Waals surface area contributed by atoms with Crippen molar-refractivity contribution in [3.05, 3.63) is 51.9 Å². The summed E-state index contributed by atoms with van der Waals surface area (Å²) in [5.74, 6) is 0. The van der Waals surface area contributed by atoms with Crippen LogP contribution in [-0.4, -0.2) is 9.78 Å². The molecule has 1 aromatic heterocycles. The van der Waals surface area contributed by atoms with Crippen LogP contribution < -0.4 is 5.56 Å². The first-order chi connectivity index (χ1) is 6.70. The fourth-order valence-corrected chi connectivity index (χ4v) is 1.49. The van der Waals surface area contributed by atoms with Gasteiger partial charge in [0.1, 0.15) is 0 Å². The number of nitrogens with zero attached hydrogens (tertiary/aromatic N) is 1. The number of benzene rings is 1. The van der Waals surface area contributed by atoms with Gasteiger partial charge in [-0.05, 0) is 31.0 Å². The Labute approximate surface area is 82.0 Å². The maximum atomic E-state index is 11.4. The second-order valence-corrected chi connectivity index (χ2v) is 3.36. The van der Waals surface area contributed by atoms with Gasteiger partial charge in [-0.25, -0.2) is 4.68 Å².